The summed E-state index contributed by atoms with van der Waals surface area (Å²) in [4.78, 5) is 11.0. The quantitative estimate of drug-likeness (QED) is 0.781. The van der Waals surface area contributed by atoms with Crippen LogP contribution in [0.2, 0.25) is 5.02 Å². The van der Waals surface area contributed by atoms with Crippen molar-refractivity contribution in [2.24, 2.45) is 5.73 Å². The zero-order valence-electron chi connectivity index (χ0n) is 7.37. The molecule has 1 rings (SSSR count). The largest absolute Gasteiger partial charge is 0.490 e. The highest BCUT2D eigenvalue weighted by Crippen LogP contribution is 2.22. The second-order valence-electron chi connectivity index (χ2n) is 2.58. The molecule has 0 aliphatic heterocycles. The van der Waals surface area contributed by atoms with Gasteiger partial charge in [0.15, 0.2) is 0 Å². The van der Waals surface area contributed by atoms with Gasteiger partial charge in [0.25, 0.3) is 5.91 Å². The van der Waals surface area contributed by atoms with Crippen LogP contribution in [0.3, 0.4) is 0 Å². The van der Waals surface area contributed by atoms with Crippen molar-refractivity contribution in [1.29, 1.82) is 0 Å². The van der Waals surface area contributed by atoms with E-state index in [0.717, 1.165) is 0 Å². The van der Waals surface area contributed by atoms with Crippen LogP contribution in [-0.4, -0.2) is 24.2 Å². The van der Waals surface area contributed by atoms with E-state index in [4.69, 9.17) is 27.2 Å². The van der Waals surface area contributed by atoms with Crippen LogP contribution in [0.4, 0.5) is 0 Å². The van der Waals surface area contributed by atoms with Gasteiger partial charge in [-0.1, -0.05) is 11.6 Å². The predicted molar refractivity (Wildman–Crippen MR) is 52.6 cm³/mol. The maximum Gasteiger partial charge on any atom is 0.252 e. The van der Waals surface area contributed by atoms with E-state index in [0.29, 0.717) is 10.8 Å². The summed E-state index contributed by atoms with van der Waals surface area (Å²) in [6.07, 6.45) is 0. The molecule has 0 fully saturated rings. The minimum absolute atomic E-state index is 0.113. The Morgan fingerprint density at radius 3 is 2.86 bits per heavy atom. The van der Waals surface area contributed by atoms with Gasteiger partial charge in [-0.2, -0.15) is 0 Å². The number of aliphatic hydroxyl groups excluding tert-OH is 1. The van der Waals surface area contributed by atoms with E-state index >= 15 is 0 Å². The number of ether oxygens (including phenoxy) is 1. The number of benzene rings is 1. The summed E-state index contributed by atoms with van der Waals surface area (Å²) in [5.41, 5.74) is 5.33. The topological polar surface area (TPSA) is 72.6 Å². The first kappa shape index (κ1) is 10.8. The third-order valence-electron chi connectivity index (χ3n) is 1.56. The molecule has 3 N–H and O–H groups in total. The molecule has 0 saturated carbocycles. The Bertz CT molecular complexity index is 341. The molecule has 0 radical (unpaired) electrons. The lowest BCUT2D eigenvalue weighted by atomic mass is 10.2. The van der Waals surface area contributed by atoms with Crippen LogP contribution in [0.1, 0.15) is 10.4 Å². The molecule has 4 nitrogen and oxygen atoms in total. The van der Waals surface area contributed by atoms with Crippen molar-refractivity contribution in [3.05, 3.63) is 28.8 Å². The molecule has 5 heteroatoms. The lowest BCUT2D eigenvalue weighted by Crippen LogP contribution is -2.14. The van der Waals surface area contributed by atoms with Crippen LogP contribution >= 0.6 is 11.6 Å². The molecule has 0 unspecified atom stereocenters. The molecular weight excluding hydrogens is 206 g/mol. The fourth-order valence-corrected chi connectivity index (χ4v) is 1.15. The first-order valence-electron chi connectivity index (χ1n) is 3.98. The minimum atomic E-state index is -0.611. The molecule has 0 atom stereocenters. The van der Waals surface area contributed by atoms with E-state index in [-0.39, 0.29) is 18.8 Å². The highest BCUT2D eigenvalue weighted by atomic mass is 35.5. The van der Waals surface area contributed by atoms with Gasteiger partial charge in [0.2, 0.25) is 0 Å². The molecule has 0 saturated heterocycles. The van der Waals surface area contributed by atoms with Crippen LogP contribution in [0.15, 0.2) is 18.2 Å². The summed E-state index contributed by atoms with van der Waals surface area (Å²) in [5, 5.41) is 8.96. The lowest BCUT2D eigenvalue weighted by molar-refractivity contribution is 0.0994. The third kappa shape index (κ3) is 2.61. The van der Waals surface area contributed by atoms with Gasteiger partial charge in [-0.3, -0.25) is 4.79 Å². The summed E-state index contributed by atoms with van der Waals surface area (Å²) in [6, 6.07) is 4.55. The molecule has 0 spiro atoms. The highest BCUT2D eigenvalue weighted by Gasteiger charge is 2.09. The van der Waals surface area contributed by atoms with Crippen LogP contribution in [0.25, 0.3) is 0 Å². The van der Waals surface area contributed by atoms with E-state index in [9.17, 15) is 4.79 Å². The SMILES string of the molecule is NC(=O)c1cc(Cl)ccc1OCCO. The fraction of sp³-hybridized carbons (Fsp3) is 0.222. The van der Waals surface area contributed by atoms with E-state index < -0.39 is 5.91 Å². The zero-order chi connectivity index (χ0) is 10.6. The van der Waals surface area contributed by atoms with Crippen LogP contribution < -0.4 is 10.5 Å². The Hall–Kier alpha value is -1.26. The van der Waals surface area contributed by atoms with Gasteiger partial charge in [0, 0.05) is 5.02 Å². The van der Waals surface area contributed by atoms with Crippen molar-refractivity contribution in [2.75, 3.05) is 13.2 Å². The number of rotatable bonds is 4. The van der Waals surface area contributed by atoms with Crippen molar-refractivity contribution in [3.63, 3.8) is 0 Å². The maximum atomic E-state index is 11.0. The summed E-state index contributed by atoms with van der Waals surface area (Å²) in [7, 11) is 0. The normalized spacial score (nSPS) is 9.86. The monoisotopic (exact) mass is 215 g/mol. The molecule has 76 valence electrons. The summed E-state index contributed by atoms with van der Waals surface area (Å²) < 4.78 is 5.09. The van der Waals surface area contributed by atoms with Crippen molar-refractivity contribution < 1.29 is 14.6 Å². The predicted octanol–water partition coefficient (Wildman–Crippen LogP) is 0.810. The Morgan fingerprint density at radius 2 is 2.29 bits per heavy atom. The van der Waals surface area contributed by atoms with E-state index in [1.165, 1.54) is 12.1 Å². The van der Waals surface area contributed by atoms with E-state index in [2.05, 4.69) is 0 Å². The first-order valence-corrected chi connectivity index (χ1v) is 4.36. The van der Waals surface area contributed by atoms with Gasteiger partial charge >= 0.3 is 0 Å². The second kappa shape index (κ2) is 4.83. The number of primary amides is 1. The van der Waals surface area contributed by atoms with Crippen LogP contribution in [0.5, 0.6) is 5.75 Å². The lowest BCUT2D eigenvalue weighted by Gasteiger charge is -2.08. The molecule has 1 aromatic carbocycles. The molecule has 1 amide bonds. The summed E-state index contributed by atoms with van der Waals surface area (Å²) >= 11 is 5.68. The number of aliphatic hydroxyl groups is 1. The standard InChI is InChI=1S/C9H10ClNO3/c10-6-1-2-8(14-4-3-12)7(5-6)9(11)13/h1-2,5,12H,3-4H2,(H2,11,13). The van der Waals surface area contributed by atoms with Gasteiger partial charge in [0.1, 0.15) is 12.4 Å². The number of halogens is 1. The Labute approximate surface area is 86.2 Å². The van der Waals surface area contributed by atoms with Gasteiger partial charge in [0.05, 0.1) is 12.2 Å². The summed E-state index contributed by atoms with van der Waals surface area (Å²) in [6.45, 7) is -0.0112. The summed E-state index contributed by atoms with van der Waals surface area (Å²) in [5.74, 6) is -0.281. The highest BCUT2D eigenvalue weighted by molar-refractivity contribution is 6.31. The van der Waals surface area contributed by atoms with E-state index in [1.54, 1.807) is 6.07 Å². The van der Waals surface area contributed by atoms with Crippen molar-refractivity contribution >= 4 is 17.5 Å². The van der Waals surface area contributed by atoms with E-state index in [1.807, 2.05) is 0 Å². The maximum absolute atomic E-state index is 11.0. The fourth-order valence-electron chi connectivity index (χ4n) is 0.976. The first-order chi connectivity index (χ1) is 6.65. The number of carbonyl (C=O) groups is 1. The average molecular weight is 216 g/mol. The van der Waals surface area contributed by atoms with Crippen LogP contribution in [-0.2, 0) is 0 Å². The average Bonchev–Trinajstić information content (AvgIpc) is 2.15. The molecule has 0 aromatic heterocycles. The van der Waals surface area contributed by atoms with Crippen molar-refractivity contribution in [2.45, 2.75) is 0 Å². The number of carbonyl (C=O) groups excluding carboxylic acids is 1. The minimum Gasteiger partial charge on any atom is -0.490 e. The Balaban J connectivity index is 2.96. The number of nitrogens with two attached hydrogens (primary N) is 1. The van der Waals surface area contributed by atoms with Crippen molar-refractivity contribution in [3.8, 4) is 5.75 Å². The van der Waals surface area contributed by atoms with Gasteiger partial charge in [-0.25, -0.2) is 0 Å². The molecule has 0 aliphatic rings. The molecule has 0 bridgehead atoms. The number of hydrogen-bond donors (Lipinski definition) is 2. The third-order valence-corrected chi connectivity index (χ3v) is 1.79. The Kier molecular flexibility index (Phi) is 3.73. The molecule has 0 heterocycles. The van der Waals surface area contributed by atoms with Crippen LogP contribution in [0, 0.1) is 0 Å². The van der Waals surface area contributed by atoms with Gasteiger partial charge in [-0.05, 0) is 18.2 Å². The smallest absolute Gasteiger partial charge is 0.252 e. The van der Waals surface area contributed by atoms with Gasteiger partial charge < -0.3 is 15.6 Å². The molecule has 1 aromatic rings. The number of hydrogen-bond acceptors (Lipinski definition) is 3. The van der Waals surface area contributed by atoms with Gasteiger partial charge in [-0.15, -0.1) is 0 Å². The second-order valence-corrected chi connectivity index (χ2v) is 3.01. The zero-order valence-corrected chi connectivity index (χ0v) is 8.12. The molecule has 14 heavy (non-hydrogen) atoms. The Morgan fingerprint density at radius 1 is 1.57 bits per heavy atom. The molecular formula is C9H10ClNO3. The molecule has 0 aliphatic carbocycles. The van der Waals surface area contributed by atoms with Crippen molar-refractivity contribution in [1.82, 2.24) is 0 Å². The number of amides is 1.